The van der Waals surface area contributed by atoms with Gasteiger partial charge >= 0.3 is 0 Å². The van der Waals surface area contributed by atoms with Gasteiger partial charge in [0.1, 0.15) is 5.82 Å². The molecule has 5 nitrogen and oxygen atoms in total. The number of hydrogen-bond donors (Lipinski definition) is 2. The molecule has 0 radical (unpaired) electrons. The normalized spacial score (nSPS) is 10.5. The molecule has 5 heteroatoms. The van der Waals surface area contributed by atoms with Crippen LogP contribution in [0.25, 0.3) is 11.3 Å². The van der Waals surface area contributed by atoms with Crippen molar-refractivity contribution < 1.29 is 4.74 Å². The number of aromatic nitrogens is 2. The molecule has 2 N–H and O–H groups in total. The lowest BCUT2D eigenvalue weighted by Gasteiger charge is -2.11. The van der Waals surface area contributed by atoms with Gasteiger partial charge in [-0.05, 0) is 12.0 Å². The van der Waals surface area contributed by atoms with E-state index in [1.54, 1.807) is 7.11 Å². The topological polar surface area (TPSA) is 59.1 Å². The van der Waals surface area contributed by atoms with Crippen LogP contribution in [-0.4, -0.2) is 36.8 Å². The fraction of sp³-hybridized carbons (Fsp3) is 0.238. The molecule has 2 aromatic carbocycles. The monoisotopic (exact) mass is 348 g/mol. The first kappa shape index (κ1) is 17.9. The second-order valence-electron chi connectivity index (χ2n) is 5.91. The Kier molecular flexibility index (Phi) is 6.56. The molecule has 0 saturated carbocycles. The van der Waals surface area contributed by atoms with Crippen molar-refractivity contribution in [2.75, 3.05) is 37.4 Å². The molecule has 0 spiro atoms. The SMILES string of the molecule is COCCNc1cc(-c2ccccc2)nc(NCCc2ccccc2)n1. The average molecular weight is 348 g/mol. The number of nitrogens with zero attached hydrogens (tertiary/aromatic N) is 2. The second kappa shape index (κ2) is 9.53. The number of benzene rings is 2. The van der Waals surface area contributed by atoms with Crippen molar-refractivity contribution in [3.63, 3.8) is 0 Å². The first-order valence-electron chi connectivity index (χ1n) is 8.80. The third kappa shape index (κ3) is 5.29. The van der Waals surface area contributed by atoms with Crippen molar-refractivity contribution >= 4 is 11.8 Å². The number of nitrogens with one attached hydrogen (secondary N) is 2. The first-order chi connectivity index (χ1) is 12.8. The zero-order chi connectivity index (χ0) is 18.0. The summed E-state index contributed by atoms with van der Waals surface area (Å²) in [6, 6.07) is 22.5. The van der Waals surface area contributed by atoms with Crippen molar-refractivity contribution in [3.8, 4) is 11.3 Å². The van der Waals surface area contributed by atoms with E-state index in [1.807, 2.05) is 30.3 Å². The smallest absolute Gasteiger partial charge is 0.225 e. The predicted octanol–water partition coefficient (Wildman–Crippen LogP) is 3.86. The van der Waals surface area contributed by atoms with Gasteiger partial charge in [-0.15, -0.1) is 0 Å². The molecule has 0 aliphatic carbocycles. The fourth-order valence-corrected chi connectivity index (χ4v) is 2.62. The maximum Gasteiger partial charge on any atom is 0.225 e. The summed E-state index contributed by atoms with van der Waals surface area (Å²) in [5.41, 5.74) is 3.25. The van der Waals surface area contributed by atoms with E-state index < -0.39 is 0 Å². The molecule has 0 amide bonds. The minimum atomic E-state index is 0.626. The first-order valence-corrected chi connectivity index (χ1v) is 8.80. The lowest BCUT2D eigenvalue weighted by Crippen LogP contribution is -2.12. The van der Waals surface area contributed by atoms with Crippen molar-refractivity contribution in [1.29, 1.82) is 0 Å². The van der Waals surface area contributed by atoms with Crippen LogP contribution in [0.3, 0.4) is 0 Å². The van der Waals surface area contributed by atoms with E-state index in [2.05, 4.69) is 57.0 Å². The molecule has 0 saturated heterocycles. The highest BCUT2D eigenvalue weighted by atomic mass is 16.5. The van der Waals surface area contributed by atoms with Crippen LogP contribution in [0.4, 0.5) is 11.8 Å². The Balaban J connectivity index is 1.73. The van der Waals surface area contributed by atoms with Gasteiger partial charge in [-0.2, -0.15) is 4.98 Å². The van der Waals surface area contributed by atoms with Crippen molar-refractivity contribution in [1.82, 2.24) is 9.97 Å². The number of ether oxygens (including phenoxy) is 1. The molecule has 0 fully saturated rings. The fourth-order valence-electron chi connectivity index (χ4n) is 2.62. The molecule has 3 rings (SSSR count). The maximum atomic E-state index is 5.10. The van der Waals surface area contributed by atoms with E-state index in [1.165, 1.54) is 5.56 Å². The standard InChI is InChI=1S/C21H24N4O/c1-26-15-14-22-20-16-19(18-10-6-3-7-11-18)24-21(25-20)23-13-12-17-8-4-2-5-9-17/h2-11,16H,12-15H2,1H3,(H2,22,23,24,25). The summed E-state index contributed by atoms with van der Waals surface area (Å²) >= 11 is 0. The molecular formula is C21H24N4O. The van der Waals surface area contributed by atoms with Crippen molar-refractivity contribution in [2.45, 2.75) is 6.42 Å². The zero-order valence-corrected chi connectivity index (χ0v) is 15.0. The minimum Gasteiger partial charge on any atom is -0.383 e. The van der Waals surface area contributed by atoms with E-state index in [4.69, 9.17) is 4.74 Å². The maximum absolute atomic E-state index is 5.10. The van der Waals surface area contributed by atoms with E-state index in [-0.39, 0.29) is 0 Å². The van der Waals surface area contributed by atoms with Gasteiger partial charge in [0, 0.05) is 31.8 Å². The summed E-state index contributed by atoms with van der Waals surface area (Å²) in [6.45, 7) is 2.10. The van der Waals surface area contributed by atoms with Crippen LogP contribution < -0.4 is 10.6 Å². The second-order valence-corrected chi connectivity index (χ2v) is 5.91. The van der Waals surface area contributed by atoms with Crippen LogP contribution in [0.5, 0.6) is 0 Å². The summed E-state index contributed by atoms with van der Waals surface area (Å²) in [4.78, 5) is 9.24. The third-order valence-corrected chi connectivity index (χ3v) is 3.95. The summed E-state index contributed by atoms with van der Waals surface area (Å²) in [7, 11) is 1.69. The largest absolute Gasteiger partial charge is 0.383 e. The number of methoxy groups -OCH3 is 1. The van der Waals surface area contributed by atoms with Gasteiger partial charge in [0.2, 0.25) is 5.95 Å². The molecule has 0 unspecified atom stereocenters. The lowest BCUT2D eigenvalue weighted by molar-refractivity contribution is 0.210. The minimum absolute atomic E-state index is 0.626. The van der Waals surface area contributed by atoms with Gasteiger partial charge in [-0.1, -0.05) is 60.7 Å². The lowest BCUT2D eigenvalue weighted by atomic mass is 10.1. The predicted molar refractivity (Wildman–Crippen MR) is 106 cm³/mol. The van der Waals surface area contributed by atoms with E-state index in [0.29, 0.717) is 19.1 Å². The van der Waals surface area contributed by atoms with Crippen LogP contribution in [-0.2, 0) is 11.2 Å². The van der Waals surface area contributed by atoms with Crippen molar-refractivity contribution in [3.05, 3.63) is 72.3 Å². The van der Waals surface area contributed by atoms with Gasteiger partial charge in [0.15, 0.2) is 0 Å². The highest BCUT2D eigenvalue weighted by Crippen LogP contribution is 2.21. The summed E-state index contributed by atoms with van der Waals surface area (Å²) in [5, 5.41) is 6.63. The Labute approximate surface area is 154 Å². The number of rotatable bonds is 9. The molecule has 0 bridgehead atoms. The molecule has 1 heterocycles. The summed E-state index contributed by atoms with van der Waals surface area (Å²) in [5.74, 6) is 1.42. The van der Waals surface area contributed by atoms with Crippen LogP contribution >= 0.6 is 0 Å². The van der Waals surface area contributed by atoms with Gasteiger partial charge < -0.3 is 15.4 Å². The van der Waals surface area contributed by atoms with E-state index in [9.17, 15) is 0 Å². The van der Waals surface area contributed by atoms with Gasteiger partial charge in [0.05, 0.1) is 12.3 Å². The number of hydrogen-bond acceptors (Lipinski definition) is 5. The van der Waals surface area contributed by atoms with Crippen LogP contribution in [0, 0.1) is 0 Å². The van der Waals surface area contributed by atoms with E-state index in [0.717, 1.165) is 30.0 Å². The molecular weight excluding hydrogens is 324 g/mol. The molecule has 0 aliphatic rings. The molecule has 26 heavy (non-hydrogen) atoms. The Morgan fingerprint density at radius 2 is 1.58 bits per heavy atom. The van der Waals surface area contributed by atoms with Gasteiger partial charge in [-0.3, -0.25) is 0 Å². The Bertz CT molecular complexity index is 794. The molecule has 0 aliphatic heterocycles. The Morgan fingerprint density at radius 1 is 0.846 bits per heavy atom. The molecule has 1 aromatic heterocycles. The van der Waals surface area contributed by atoms with E-state index >= 15 is 0 Å². The Morgan fingerprint density at radius 3 is 2.31 bits per heavy atom. The number of anilines is 2. The van der Waals surface area contributed by atoms with Gasteiger partial charge in [-0.25, -0.2) is 4.98 Å². The quantitative estimate of drug-likeness (QED) is 0.575. The molecule has 3 aromatic rings. The zero-order valence-electron chi connectivity index (χ0n) is 15.0. The highest BCUT2D eigenvalue weighted by Gasteiger charge is 2.06. The third-order valence-electron chi connectivity index (χ3n) is 3.95. The highest BCUT2D eigenvalue weighted by molar-refractivity contribution is 5.64. The van der Waals surface area contributed by atoms with Gasteiger partial charge in [0.25, 0.3) is 0 Å². The van der Waals surface area contributed by atoms with Crippen LogP contribution in [0.2, 0.25) is 0 Å². The molecule has 0 atom stereocenters. The molecule has 134 valence electrons. The average Bonchev–Trinajstić information content (AvgIpc) is 2.70. The Hall–Kier alpha value is -2.92. The summed E-state index contributed by atoms with van der Waals surface area (Å²) < 4.78 is 5.10. The summed E-state index contributed by atoms with van der Waals surface area (Å²) in [6.07, 6.45) is 0.923. The van der Waals surface area contributed by atoms with Crippen molar-refractivity contribution in [2.24, 2.45) is 0 Å². The van der Waals surface area contributed by atoms with Crippen LogP contribution in [0.1, 0.15) is 5.56 Å². The van der Waals surface area contributed by atoms with Crippen LogP contribution in [0.15, 0.2) is 66.7 Å².